The van der Waals surface area contributed by atoms with Crippen molar-refractivity contribution in [2.75, 3.05) is 12.8 Å². The normalized spacial score (nSPS) is 18.4. The zero-order valence-corrected chi connectivity index (χ0v) is 13.1. The Balaban J connectivity index is 1.96. The fraction of sp³-hybridized carbons (Fsp3) is 0.600. The Kier molecular flexibility index (Phi) is 4.58. The lowest BCUT2D eigenvalue weighted by molar-refractivity contribution is 0.0938. The van der Waals surface area contributed by atoms with E-state index in [9.17, 15) is 9.00 Å². The highest BCUT2D eigenvalue weighted by atomic mass is 32.2. The molecule has 1 aliphatic rings. The zero-order valence-electron chi connectivity index (χ0n) is 12.3. The summed E-state index contributed by atoms with van der Waals surface area (Å²) in [5, 5.41) is 2.88. The molecular weight excluding hydrogens is 272 g/mol. The van der Waals surface area contributed by atoms with Gasteiger partial charge >= 0.3 is 0 Å². The average Bonchev–Trinajstić information content (AvgIpc) is 2.36. The zero-order chi connectivity index (χ0) is 14.8. The SMILES string of the molecule is CC(C)c1ccc(C(=O)NCC2(S(C)=O)CCC2)nc1. The molecule has 0 spiro atoms. The van der Waals surface area contributed by atoms with Crippen LogP contribution in [-0.4, -0.2) is 32.6 Å². The molecule has 1 saturated carbocycles. The lowest BCUT2D eigenvalue weighted by Gasteiger charge is -2.39. The Morgan fingerprint density at radius 2 is 2.15 bits per heavy atom. The first kappa shape index (κ1) is 15.2. The molecule has 0 bridgehead atoms. The van der Waals surface area contributed by atoms with Crippen LogP contribution in [0.2, 0.25) is 0 Å². The van der Waals surface area contributed by atoms with Gasteiger partial charge < -0.3 is 5.32 Å². The molecule has 20 heavy (non-hydrogen) atoms. The van der Waals surface area contributed by atoms with Crippen LogP contribution in [0.5, 0.6) is 0 Å². The van der Waals surface area contributed by atoms with Gasteiger partial charge in [-0.05, 0) is 30.4 Å². The van der Waals surface area contributed by atoms with Crippen molar-refractivity contribution in [1.29, 1.82) is 0 Å². The van der Waals surface area contributed by atoms with E-state index in [0.717, 1.165) is 24.8 Å². The van der Waals surface area contributed by atoms with Gasteiger partial charge in [-0.1, -0.05) is 26.3 Å². The summed E-state index contributed by atoms with van der Waals surface area (Å²) >= 11 is 0. The molecule has 1 amide bonds. The predicted octanol–water partition coefficient (Wildman–Crippen LogP) is 2.24. The second-order valence-electron chi connectivity index (χ2n) is 5.80. The highest BCUT2D eigenvalue weighted by molar-refractivity contribution is 7.85. The molecule has 2 rings (SSSR count). The molecule has 1 N–H and O–H groups in total. The largest absolute Gasteiger partial charge is 0.349 e. The molecule has 0 saturated heterocycles. The summed E-state index contributed by atoms with van der Waals surface area (Å²) in [6.07, 6.45) is 6.42. The second kappa shape index (κ2) is 6.04. The van der Waals surface area contributed by atoms with Crippen molar-refractivity contribution in [1.82, 2.24) is 10.3 Å². The van der Waals surface area contributed by atoms with Gasteiger partial charge in [0.25, 0.3) is 5.91 Å². The molecule has 1 aromatic heterocycles. The van der Waals surface area contributed by atoms with Crippen molar-refractivity contribution in [2.24, 2.45) is 0 Å². The van der Waals surface area contributed by atoms with Gasteiger partial charge in [0, 0.05) is 29.8 Å². The number of hydrogen-bond acceptors (Lipinski definition) is 3. The Morgan fingerprint density at radius 1 is 1.45 bits per heavy atom. The number of hydrogen-bond donors (Lipinski definition) is 1. The van der Waals surface area contributed by atoms with Crippen LogP contribution < -0.4 is 5.32 Å². The quantitative estimate of drug-likeness (QED) is 0.906. The minimum absolute atomic E-state index is 0.183. The summed E-state index contributed by atoms with van der Waals surface area (Å²) in [5.41, 5.74) is 1.54. The molecule has 1 aliphatic carbocycles. The van der Waals surface area contributed by atoms with E-state index in [-0.39, 0.29) is 10.7 Å². The maximum atomic E-state index is 12.1. The number of rotatable bonds is 5. The monoisotopic (exact) mass is 294 g/mol. The van der Waals surface area contributed by atoms with E-state index in [1.807, 2.05) is 6.07 Å². The smallest absolute Gasteiger partial charge is 0.269 e. The average molecular weight is 294 g/mol. The maximum Gasteiger partial charge on any atom is 0.269 e. The highest BCUT2D eigenvalue weighted by Crippen LogP contribution is 2.36. The molecular formula is C15H22N2O2S. The van der Waals surface area contributed by atoms with Gasteiger partial charge in [0.2, 0.25) is 0 Å². The molecule has 1 fully saturated rings. The number of nitrogens with one attached hydrogen (secondary N) is 1. The lowest BCUT2D eigenvalue weighted by Crippen LogP contribution is -2.50. The number of amides is 1. The maximum absolute atomic E-state index is 12.1. The summed E-state index contributed by atoms with van der Waals surface area (Å²) in [7, 11) is -0.900. The van der Waals surface area contributed by atoms with E-state index in [1.54, 1.807) is 18.5 Å². The minimum atomic E-state index is -0.900. The van der Waals surface area contributed by atoms with Crippen LogP contribution in [0.4, 0.5) is 0 Å². The number of carbonyl (C=O) groups excluding carboxylic acids is 1. The van der Waals surface area contributed by atoms with Crippen LogP contribution in [0.25, 0.3) is 0 Å². The van der Waals surface area contributed by atoms with Crippen LogP contribution in [0, 0.1) is 0 Å². The van der Waals surface area contributed by atoms with Crippen molar-refractivity contribution < 1.29 is 9.00 Å². The first-order valence-electron chi connectivity index (χ1n) is 7.02. The summed E-state index contributed by atoms with van der Waals surface area (Å²) < 4.78 is 11.5. The molecule has 110 valence electrons. The molecule has 1 heterocycles. The van der Waals surface area contributed by atoms with Crippen molar-refractivity contribution in [3.05, 3.63) is 29.6 Å². The Morgan fingerprint density at radius 3 is 2.55 bits per heavy atom. The Hall–Kier alpha value is -1.23. The van der Waals surface area contributed by atoms with E-state index in [2.05, 4.69) is 24.1 Å². The first-order chi connectivity index (χ1) is 9.44. The number of carbonyl (C=O) groups is 1. The van der Waals surface area contributed by atoms with Crippen molar-refractivity contribution in [2.45, 2.75) is 43.8 Å². The van der Waals surface area contributed by atoms with Crippen LogP contribution in [0.15, 0.2) is 18.3 Å². The molecule has 1 atom stereocenters. The summed E-state index contributed by atoms with van der Waals surface area (Å²) in [6.45, 7) is 4.66. The number of nitrogens with zero attached hydrogens (tertiary/aromatic N) is 1. The molecule has 0 aliphatic heterocycles. The van der Waals surface area contributed by atoms with E-state index in [0.29, 0.717) is 18.2 Å². The topological polar surface area (TPSA) is 59.1 Å². The summed E-state index contributed by atoms with van der Waals surface area (Å²) in [5.74, 6) is 0.220. The number of aromatic nitrogens is 1. The lowest BCUT2D eigenvalue weighted by atomic mass is 9.84. The molecule has 4 nitrogen and oxygen atoms in total. The molecule has 5 heteroatoms. The van der Waals surface area contributed by atoms with E-state index >= 15 is 0 Å². The van der Waals surface area contributed by atoms with Gasteiger partial charge in [-0.2, -0.15) is 0 Å². The van der Waals surface area contributed by atoms with Gasteiger partial charge in [-0.3, -0.25) is 14.0 Å². The summed E-state index contributed by atoms with van der Waals surface area (Å²) in [6, 6.07) is 3.69. The fourth-order valence-electron chi connectivity index (χ4n) is 2.35. The van der Waals surface area contributed by atoms with Crippen molar-refractivity contribution in [3.8, 4) is 0 Å². The molecule has 0 aromatic carbocycles. The summed E-state index contributed by atoms with van der Waals surface area (Å²) in [4.78, 5) is 16.3. The van der Waals surface area contributed by atoms with Crippen LogP contribution >= 0.6 is 0 Å². The van der Waals surface area contributed by atoms with Crippen LogP contribution in [0.3, 0.4) is 0 Å². The second-order valence-corrected chi connectivity index (χ2v) is 7.58. The Bertz CT molecular complexity index is 507. The number of pyridine rings is 1. The molecule has 1 unspecified atom stereocenters. The van der Waals surface area contributed by atoms with Crippen LogP contribution in [-0.2, 0) is 10.8 Å². The van der Waals surface area contributed by atoms with Crippen molar-refractivity contribution in [3.63, 3.8) is 0 Å². The minimum Gasteiger partial charge on any atom is -0.349 e. The Labute approximate surface area is 122 Å². The van der Waals surface area contributed by atoms with Crippen LogP contribution in [0.1, 0.15) is 55.1 Å². The first-order valence-corrected chi connectivity index (χ1v) is 8.58. The fourth-order valence-corrected chi connectivity index (χ4v) is 3.49. The van der Waals surface area contributed by atoms with E-state index < -0.39 is 10.8 Å². The highest BCUT2D eigenvalue weighted by Gasteiger charge is 2.41. The van der Waals surface area contributed by atoms with Gasteiger partial charge in [0.1, 0.15) is 5.69 Å². The van der Waals surface area contributed by atoms with Crippen molar-refractivity contribution >= 4 is 16.7 Å². The van der Waals surface area contributed by atoms with E-state index in [1.165, 1.54) is 0 Å². The van der Waals surface area contributed by atoms with E-state index in [4.69, 9.17) is 0 Å². The van der Waals surface area contributed by atoms with Gasteiger partial charge in [-0.25, -0.2) is 0 Å². The third-order valence-corrected chi connectivity index (χ3v) is 5.90. The van der Waals surface area contributed by atoms with Gasteiger partial charge in [0.15, 0.2) is 0 Å². The third-order valence-electron chi connectivity index (χ3n) is 4.13. The molecule has 1 aromatic rings. The van der Waals surface area contributed by atoms with Gasteiger partial charge in [0.05, 0.1) is 4.75 Å². The third kappa shape index (κ3) is 3.08. The standard InChI is InChI=1S/C15H22N2O2S/c1-11(2)12-5-6-13(16-9-12)14(18)17-10-15(20(3)19)7-4-8-15/h5-6,9,11H,4,7-8,10H2,1-3H3,(H,17,18). The predicted molar refractivity (Wildman–Crippen MR) is 81.3 cm³/mol. The van der Waals surface area contributed by atoms with Gasteiger partial charge in [-0.15, -0.1) is 0 Å². The molecule has 0 radical (unpaired) electrons.